The van der Waals surface area contributed by atoms with Crippen molar-refractivity contribution < 1.29 is 9.53 Å². The number of ether oxygens (including phenoxy) is 1. The molecule has 0 aliphatic heterocycles. The number of carbonyl (C=O) groups excluding carboxylic acids is 1. The lowest BCUT2D eigenvalue weighted by molar-refractivity contribution is -0.130. The minimum Gasteiger partial charge on any atom is -0.370 e. The minimum atomic E-state index is -0.473. The van der Waals surface area contributed by atoms with Gasteiger partial charge in [-0.1, -0.05) is 0 Å². The van der Waals surface area contributed by atoms with Crippen molar-refractivity contribution in [3.63, 3.8) is 0 Å². The zero-order valence-corrected chi connectivity index (χ0v) is 9.69. The van der Waals surface area contributed by atoms with E-state index in [0.29, 0.717) is 6.04 Å². The van der Waals surface area contributed by atoms with Gasteiger partial charge in [-0.3, -0.25) is 4.79 Å². The molecule has 0 aromatic heterocycles. The van der Waals surface area contributed by atoms with Gasteiger partial charge >= 0.3 is 0 Å². The van der Waals surface area contributed by atoms with E-state index in [9.17, 15) is 4.79 Å². The first-order chi connectivity index (χ1) is 7.76. The summed E-state index contributed by atoms with van der Waals surface area (Å²) >= 11 is 0. The Labute approximate surface area is 95.9 Å². The van der Waals surface area contributed by atoms with Crippen molar-refractivity contribution in [2.24, 2.45) is 29.4 Å². The third-order valence-corrected chi connectivity index (χ3v) is 4.84. The van der Waals surface area contributed by atoms with Crippen LogP contribution in [0.4, 0.5) is 0 Å². The van der Waals surface area contributed by atoms with Crippen LogP contribution < -0.4 is 11.1 Å². The van der Waals surface area contributed by atoms with Crippen LogP contribution in [0.3, 0.4) is 0 Å². The zero-order valence-electron chi connectivity index (χ0n) is 9.69. The molecule has 0 saturated heterocycles. The molecule has 3 rings (SSSR count). The van der Waals surface area contributed by atoms with E-state index in [1.54, 1.807) is 0 Å². The summed E-state index contributed by atoms with van der Waals surface area (Å²) in [7, 11) is 1.54. The van der Waals surface area contributed by atoms with Crippen molar-refractivity contribution in [2.75, 3.05) is 13.7 Å². The highest BCUT2D eigenvalue weighted by Crippen LogP contribution is 2.65. The molecule has 0 aromatic rings. The highest BCUT2D eigenvalue weighted by Gasteiger charge is 2.65. The molecule has 16 heavy (non-hydrogen) atoms. The first-order valence-corrected chi connectivity index (χ1v) is 6.29. The molecule has 0 spiro atoms. The Morgan fingerprint density at radius 3 is 2.56 bits per heavy atom. The fraction of sp³-hybridized carbons (Fsp3) is 0.917. The number of rotatable bonds is 4. The molecule has 0 aromatic carbocycles. The van der Waals surface area contributed by atoms with Gasteiger partial charge in [-0.25, -0.2) is 0 Å². The summed E-state index contributed by atoms with van der Waals surface area (Å²) in [4.78, 5) is 11.8. The summed E-state index contributed by atoms with van der Waals surface area (Å²) in [5.74, 6) is 3.30. The molecular formula is C12H20N2O2. The van der Waals surface area contributed by atoms with Crippen LogP contribution in [0.25, 0.3) is 0 Å². The second kappa shape index (κ2) is 3.70. The molecule has 3 aliphatic carbocycles. The van der Waals surface area contributed by atoms with E-state index in [0.717, 1.165) is 23.7 Å². The monoisotopic (exact) mass is 224 g/mol. The molecule has 2 bridgehead atoms. The van der Waals surface area contributed by atoms with E-state index in [1.807, 2.05) is 0 Å². The molecule has 3 fully saturated rings. The zero-order chi connectivity index (χ0) is 11.3. The van der Waals surface area contributed by atoms with Gasteiger partial charge in [-0.05, 0) is 42.9 Å². The normalized spacial score (nSPS) is 45.2. The van der Waals surface area contributed by atoms with Crippen LogP contribution in [-0.2, 0) is 9.53 Å². The van der Waals surface area contributed by atoms with E-state index in [-0.39, 0.29) is 12.5 Å². The Kier molecular flexibility index (Phi) is 2.44. The maximum absolute atomic E-state index is 11.8. The summed E-state index contributed by atoms with van der Waals surface area (Å²) in [6, 6.07) is 0.433. The molecule has 4 heteroatoms. The molecule has 5 atom stereocenters. The second-order valence-electron chi connectivity index (χ2n) is 5.48. The van der Waals surface area contributed by atoms with Crippen LogP contribution in [0.1, 0.15) is 19.3 Å². The SMILES string of the molecule is COC(CN)C(=O)NC1C2C3CCC(C3)C12. The number of hydrogen-bond acceptors (Lipinski definition) is 3. The molecule has 3 saturated carbocycles. The minimum absolute atomic E-state index is 0.0243. The topological polar surface area (TPSA) is 64.3 Å². The number of hydrogen-bond donors (Lipinski definition) is 2. The fourth-order valence-corrected chi connectivity index (χ4v) is 4.09. The van der Waals surface area contributed by atoms with Crippen LogP contribution in [0.15, 0.2) is 0 Å². The van der Waals surface area contributed by atoms with Gasteiger partial charge in [-0.15, -0.1) is 0 Å². The lowest BCUT2D eigenvalue weighted by atomic mass is 10.0. The molecule has 5 unspecified atom stereocenters. The van der Waals surface area contributed by atoms with Crippen molar-refractivity contribution >= 4 is 5.91 Å². The van der Waals surface area contributed by atoms with Crippen LogP contribution in [-0.4, -0.2) is 31.7 Å². The van der Waals surface area contributed by atoms with Crippen molar-refractivity contribution in [1.29, 1.82) is 0 Å². The maximum Gasteiger partial charge on any atom is 0.250 e. The smallest absolute Gasteiger partial charge is 0.250 e. The number of fused-ring (bicyclic) bond motifs is 5. The van der Waals surface area contributed by atoms with Gasteiger partial charge in [0.05, 0.1) is 0 Å². The predicted octanol–water partition coefficient (Wildman–Crippen LogP) is 0.121. The van der Waals surface area contributed by atoms with E-state index >= 15 is 0 Å². The van der Waals surface area contributed by atoms with Crippen molar-refractivity contribution in [1.82, 2.24) is 5.32 Å². The molecule has 3 N–H and O–H groups in total. The Hall–Kier alpha value is -0.610. The standard InChI is InChI=1S/C12H20N2O2/c1-16-8(5-13)12(15)14-11-9-6-2-3-7(4-6)10(9)11/h6-11H,2-5,13H2,1H3,(H,14,15). The van der Waals surface area contributed by atoms with Crippen LogP contribution in [0.2, 0.25) is 0 Å². The van der Waals surface area contributed by atoms with E-state index in [1.165, 1.54) is 26.4 Å². The van der Waals surface area contributed by atoms with Crippen LogP contribution in [0.5, 0.6) is 0 Å². The summed E-state index contributed by atoms with van der Waals surface area (Å²) in [6.45, 7) is 0.261. The van der Waals surface area contributed by atoms with Crippen LogP contribution in [0, 0.1) is 23.7 Å². The van der Waals surface area contributed by atoms with Gasteiger partial charge in [0, 0.05) is 19.7 Å². The first kappa shape index (κ1) is 10.5. The number of amides is 1. The van der Waals surface area contributed by atoms with Crippen LogP contribution >= 0.6 is 0 Å². The highest BCUT2D eigenvalue weighted by atomic mass is 16.5. The molecule has 0 heterocycles. The molecule has 3 aliphatic rings. The fourth-order valence-electron chi connectivity index (χ4n) is 4.09. The Balaban J connectivity index is 1.56. The summed E-state index contributed by atoms with van der Waals surface area (Å²) in [6.07, 6.45) is 3.69. The molecule has 4 nitrogen and oxygen atoms in total. The van der Waals surface area contributed by atoms with Gasteiger partial charge < -0.3 is 15.8 Å². The summed E-state index contributed by atoms with van der Waals surface area (Å²) in [5.41, 5.74) is 5.48. The average molecular weight is 224 g/mol. The third kappa shape index (κ3) is 1.39. The molecule has 90 valence electrons. The van der Waals surface area contributed by atoms with Crippen molar-refractivity contribution in [3.05, 3.63) is 0 Å². The number of methoxy groups -OCH3 is 1. The van der Waals surface area contributed by atoms with Gasteiger partial charge in [0.1, 0.15) is 6.10 Å². The van der Waals surface area contributed by atoms with E-state index in [4.69, 9.17) is 10.5 Å². The molecule has 0 radical (unpaired) electrons. The number of nitrogens with two attached hydrogens (primary N) is 1. The lowest BCUT2D eigenvalue weighted by Gasteiger charge is -2.15. The summed E-state index contributed by atoms with van der Waals surface area (Å²) < 4.78 is 5.04. The van der Waals surface area contributed by atoms with Gasteiger partial charge in [-0.2, -0.15) is 0 Å². The number of carbonyl (C=O) groups is 1. The van der Waals surface area contributed by atoms with Gasteiger partial charge in [0.2, 0.25) is 0 Å². The largest absolute Gasteiger partial charge is 0.370 e. The van der Waals surface area contributed by atoms with E-state index in [2.05, 4.69) is 5.32 Å². The molecule has 1 amide bonds. The highest BCUT2D eigenvalue weighted by molar-refractivity contribution is 5.81. The van der Waals surface area contributed by atoms with Crippen molar-refractivity contribution in [3.8, 4) is 0 Å². The Morgan fingerprint density at radius 2 is 2.06 bits per heavy atom. The first-order valence-electron chi connectivity index (χ1n) is 6.29. The second-order valence-corrected chi connectivity index (χ2v) is 5.48. The number of nitrogens with one attached hydrogen (secondary N) is 1. The average Bonchev–Trinajstić information content (AvgIpc) is 2.71. The third-order valence-electron chi connectivity index (χ3n) is 4.84. The summed E-state index contributed by atoms with van der Waals surface area (Å²) in [5, 5.41) is 3.11. The van der Waals surface area contributed by atoms with Gasteiger partial charge in [0.15, 0.2) is 0 Å². The van der Waals surface area contributed by atoms with E-state index < -0.39 is 6.10 Å². The molecular weight excluding hydrogens is 204 g/mol. The predicted molar refractivity (Wildman–Crippen MR) is 59.6 cm³/mol. The Morgan fingerprint density at radius 1 is 1.44 bits per heavy atom. The van der Waals surface area contributed by atoms with Gasteiger partial charge in [0.25, 0.3) is 5.91 Å². The quantitative estimate of drug-likeness (QED) is 0.713. The maximum atomic E-state index is 11.8. The van der Waals surface area contributed by atoms with Crippen molar-refractivity contribution in [2.45, 2.75) is 31.4 Å². The lowest BCUT2D eigenvalue weighted by Crippen LogP contribution is -2.42. The Bertz CT molecular complexity index is 287.